The molecule has 0 amide bonds. The highest BCUT2D eigenvalue weighted by Crippen LogP contribution is 2.49. The molecule has 0 radical (unpaired) electrons. The Bertz CT molecular complexity index is 453. The lowest BCUT2D eigenvalue weighted by Crippen LogP contribution is -2.02. The summed E-state index contributed by atoms with van der Waals surface area (Å²) in [4.78, 5) is 10.4. The molecule has 1 aromatic rings. The van der Waals surface area contributed by atoms with Crippen molar-refractivity contribution in [2.45, 2.75) is 13.0 Å². The minimum atomic E-state index is -0.112. The van der Waals surface area contributed by atoms with Gasteiger partial charge in [-0.2, -0.15) is 4.89 Å². The molecule has 2 heterocycles. The maximum Gasteiger partial charge on any atom is 0.186 e. The summed E-state index contributed by atoms with van der Waals surface area (Å²) in [5.74, 6) is 2.10. The third-order valence-electron chi connectivity index (χ3n) is 2.73. The van der Waals surface area contributed by atoms with Crippen LogP contribution in [0.5, 0.6) is 11.5 Å². The van der Waals surface area contributed by atoms with Crippen LogP contribution in [0.25, 0.3) is 5.76 Å². The summed E-state index contributed by atoms with van der Waals surface area (Å²) in [7, 11) is 0. The van der Waals surface area contributed by atoms with E-state index in [0.29, 0.717) is 24.7 Å². The molecule has 4 heteroatoms. The van der Waals surface area contributed by atoms with Gasteiger partial charge in [0.2, 0.25) is 0 Å². The Morgan fingerprint density at radius 3 is 3.25 bits per heavy atom. The van der Waals surface area contributed by atoms with E-state index in [4.69, 9.17) is 19.2 Å². The minimum Gasteiger partial charge on any atom is -0.494 e. The number of hydrogen-bond acceptors (Lipinski definition) is 4. The lowest BCUT2D eigenvalue weighted by atomic mass is 10.0. The molecule has 0 saturated carbocycles. The number of benzene rings is 1. The van der Waals surface area contributed by atoms with E-state index in [1.165, 1.54) is 0 Å². The summed E-state index contributed by atoms with van der Waals surface area (Å²) in [6, 6.07) is 3.78. The molecule has 0 spiro atoms. The highest BCUT2D eigenvalue weighted by molar-refractivity contribution is 5.69. The second-order valence-corrected chi connectivity index (χ2v) is 3.69. The lowest BCUT2D eigenvalue weighted by Gasteiger charge is -2.10. The van der Waals surface area contributed by atoms with Crippen molar-refractivity contribution in [2.24, 2.45) is 0 Å². The van der Waals surface area contributed by atoms with E-state index in [1.54, 1.807) is 0 Å². The zero-order valence-corrected chi connectivity index (χ0v) is 8.99. The summed E-state index contributed by atoms with van der Waals surface area (Å²) in [5.41, 5.74) is 1.80. The Hall–Kier alpha value is -1.68. The highest BCUT2D eigenvalue weighted by atomic mass is 17.2. The Morgan fingerprint density at radius 1 is 1.56 bits per heavy atom. The SMILES string of the molecule is C=C(OCC)c1ccc2c3c1OOC3CO2. The molecule has 0 N–H and O–H groups in total. The normalized spacial score (nSPS) is 19.9. The van der Waals surface area contributed by atoms with Crippen molar-refractivity contribution in [1.82, 2.24) is 0 Å². The molecule has 1 unspecified atom stereocenters. The average Bonchev–Trinajstić information content (AvgIpc) is 2.87. The van der Waals surface area contributed by atoms with Gasteiger partial charge in [0.15, 0.2) is 11.9 Å². The first-order chi connectivity index (χ1) is 7.81. The van der Waals surface area contributed by atoms with E-state index >= 15 is 0 Å². The molecule has 0 bridgehead atoms. The van der Waals surface area contributed by atoms with Gasteiger partial charge in [-0.25, -0.2) is 0 Å². The predicted octanol–water partition coefficient (Wildman–Crippen LogP) is 2.45. The second kappa shape index (κ2) is 3.42. The molecular formula is C12H12O4. The Kier molecular flexibility index (Phi) is 2.04. The van der Waals surface area contributed by atoms with Crippen LogP contribution in [0.1, 0.15) is 24.2 Å². The largest absolute Gasteiger partial charge is 0.494 e. The zero-order valence-electron chi connectivity index (χ0n) is 8.99. The molecule has 1 aromatic carbocycles. The Balaban J connectivity index is 2.06. The van der Waals surface area contributed by atoms with Gasteiger partial charge >= 0.3 is 0 Å². The van der Waals surface area contributed by atoms with Crippen molar-refractivity contribution >= 4 is 5.76 Å². The third-order valence-corrected chi connectivity index (χ3v) is 2.73. The van der Waals surface area contributed by atoms with Gasteiger partial charge in [0.05, 0.1) is 17.7 Å². The molecule has 2 aliphatic heterocycles. The standard InChI is InChI=1S/C12H12O4/c1-3-13-7(2)8-4-5-9-11-10(6-14-9)15-16-12(8)11/h4-5,10H,2-3,6H2,1H3. The van der Waals surface area contributed by atoms with Crippen LogP contribution >= 0.6 is 0 Å². The maximum absolute atomic E-state index is 5.46. The molecule has 0 aliphatic carbocycles. The quantitative estimate of drug-likeness (QED) is 0.579. The van der Waals surface area contributed by atoms with Gasteiger partial charge in [0.1, 0.15) is 18.1 Å². The van der Waals surface area contributed by atoms with Crippen LogP contribution in [0.2, 0.25) is 0 Å². The zero-order chi connectivity index (χ0) is 11.1. The summed E-state index contributed by atoms with van der Waals surface area (Å²) >= 11 is 0. The van der Waals surface area contributed by atoms with Gasteiger partial charge in [-0.15, -0.1) is 0 Å². The molecule has 2 aliphatic rings. The van der Waals surface area contributed by atoms with Gasteiger partial charge in [0.25, 0.3) is 0 Å². The first-order valence-electron chi connectivity index (χ1n) is 5.26. The maximum atomic E-state index is 5.46. The van der Waals surface area contributed by atoms with Crippen molar-refractivity contribution in [3.8, 4) is 11.5 Å². The molecule has 0 saturated heterocycles. The van der Waals surface area contributed by atoms with Crippen LogP contribution in [0.4, 0.5) is 0 Å². The van der Waals surface area contributed by atoms with E-state index in [0.717, 1.165) is 16.9 Å². The Morgan fingerprint density at radius 2 is 2.44 bits per heavy atom. The van der Waals surface area contributed by atoms with Crippen molar-refractivity contribution < 1.29 is 19.2 Å². The topological polar surface area (TPSA) is 36.9 Å². The number of rotatable bonds is 3. The molecule has 0 fully saturated rings. The van der Waals surface area contributed by atoms with Crippen molar-refractivity contribution in [1.29, 1.82) is 0 Å². The fraction of sp³-hybridized carbons (Fsp3) is 0.333. The first kappa shape index (κ1) is 9.54. The number of hydrogen-bond donors (Lipinski definition) is 0. The minimum absolute atomic E-state index is 0.112. The monoisotopic (exact) mass is 220 g/mol. The van der Waals surface area contributed by atoms with E-state index in [1.807, 2.05) is 19.1 Å². The second-order valence-electron chi connectivity index (χ2n) is 3.69. The molecule has 16 heavy (non-hydrogen) atoms. The Labute approximate surface area is 93.3 Å². The van der Waals surface area contributed by atoms with Crippen LogP contribution in [0, 0.1) is 0 Å². The van der Waals surface area contributed by atoms with Gasteiger partial charge in [-0.05, 0) is 19.1 Å². The van der Waals surface area contributed by atoms with Crippen LogP contribution < -0.4 is 9.62 Å². The van der Waals surface area contributed by atoms with E-state index in [9.17, 15) is 0 Å². The van der Waals surface area contributed by atoms with Crippen molar-refractivity contribution in [3.63, 3.8) is 0 Å². The smallest absolute Gasteiger partial charge is 0.186 e. The molecular weight excluding hydrogens is 208 g/mol. The summed E-state index contributed by atoms with van der Waals surface area (Å²) in [6.07, 6.45) is -0.112. The predicted molar refractivity (Wildman–Crippen MR) is 57.1 cm³/mol. The van der Waals surface area contributed by atoms with E-state index < -0.39 is 0 Å². The molecule has 4 nitrogen and oxygen atoms in total. The fourth-order valence-electron chi connectivity index (χ4n) is 2.00. The van der Waals surface area contributed by atoms with Gasteiger partial charge in [0, 0.05) is 0 Å². The molecule has 84 valence electrons. The molecule has 0 aromatic heterocycles. The van der Waals surface area contributed by atoms with Crippen LogP contribution in [-0.2, 0) is 9.62 Å². The first-order valence-corrected chi connectivity index (χ1v) is 5.26. The summed E-state index contributed by atoms with van der Waals surface area (Å²) in [6.45, 7) is 6.87. The summed E-state index contributed by atoms with van der Waals surface area (Å²) < 4.78 is 10.8. The van der Waals surface area contributed by atoms with E-state index in [-0.39, 0.29) is 6.10 Å². The molecule has 3 rings (SSSR count). The van der Waals surface area contributed by atoms with Crippen molar-refractivity contribution in [3.05, 3.63) is 29.8 Å². The van der Waals surface area contributed by atoms with Crippen LogP contribution in [0.15, 0.2) is 18.7 Å². The molecule has 1 atom stereocenters. The highest BCUT2D eigenvalue weighted by Gasteiger charge is 2.38. The van der Waals surface area contributed by atoms with Crippen LogP contribution in [0.3, 0.4) is 0 Å². The fourth-order valence-corrected chi connectivity index (χ4v) is 2.00. The number of ether oxygens (including phenoxy) is 2. The lowest BCUT2D eigenvalue weighted by molar-refractivity contribution is -0.226. The summed E-state index contributed by atoms with van der Waals surface area (Å²) in [5, 5.41) is 0. The van der Waals surface area contributed by atoms with E-state index in [2.05, 4.69) is 6.58 Å². The average molecular weight is 220 g/mol. The third kappa shape index (κ3) is 1.20. The van der Waals surface area contributed by atoms with Crippen molar-refractivity contribution in [2.75, 3.05) is 13.2 Å². The van der Waals surface area contributed by atoms with Gasteiger partial charge < -0.3 is 14.4 Å². The van der Waals surface area contributed by atoms with Gasteiger partial charge in [-0.3, -0.25) is 0 Å². The van der Waals surface area contributed by atoms with Gasteiger partial charge in [-0.1, -0.05) is 6.58 Å². The van der Waals surface area contributed by atoms with Crippen LogP contribution in [-0.4, -0.2) is 13.2 Å².